The van der Waals surface area contributed by atoms with Crippen molar-refractivity contribution in [2.75, 3.05) is 18.9 Å². The highest BCUT2D eigenvalue weighted by atomic mass is 16.2. The Kier molecular flexibility index (Phi) is 5.46. The van der Waals surface area contributed by atoms with Gasteiger partial charge in [0.2, 0.25) is 5.91 Å². The molecule has 0 bridgehead atoms. The maximum atomic E-state index is 12.0. The Labute approximate surface area is 119 Å². The van der Waals surface area contributed by atoms with Gasteiger partial charge in [0.25, 0.3) is 5.91 Å². The number of nitrogens with one attached hydrogen (secondary N) is 3. The minimum atomic E-state index is -0.653. The largest absolute Gasteiger partial charge is 0.349 e. The summed E-state index contributed by atoms with van der Waals surface area (Å²) in [5, 5.41) is 8.41. The first-order valence-electron chi connectivity index (χ1n) is 6.40. The van der Waals surface area contributed by atoms with Crippen LogP contribution >= 0.6 is 0 Å². The summed E-state index contributed by atoms with van der Waals surface area (Å²) in [5.41, 5.74) is 0.538. The van der Waals surface area contributed by atoms with Gasteiger partial charge in [0.05, 0.1) is 5.54 Å². The van der Waals surface area contributed by atoms with Gasteiger partial charge in [-0.3, -0.25) is 9.59 Å². The minimum absolute atomic E-state index is 0.135. The number of amides is 2. The Hall–Kier alpha value is -2.14. The van der Waals surface area contributed by atoms with Gasteiger partial charge in [0, 0.05) is 17.8 Å². The van der Waals surface area contributed by atoms with Crippen molar-refractivity contribution >= 4 is 17.5 Å². The molecule has 1 aromatic carbocycles. The van der Waals surface area contributed by atoms with E-state index in [1.54, 1.807) is 51.2 Å². The van der Waals surface area contributed by atoms with Crippen molar-refractivity contribution in [2.24, 2.45) is 0 Å². The van der Waals surface area contributed by atoms with Crippen molar-refractivity contribution in [2.45, 2.75) is 19.4 Å². The number of rotatable bonds is 6. The molecule has 0 aliphatic heterocycles. The van der Waals surface area contributed by atoms with Crippen LogP contribution in [0, 0.1) is 0 Å². The van der Waals surface area contributed by atoms with Crippen LogP contribution in [0.5, 0.6) is 0 Å². The molecule has 0 radical (unpaired) electrons. The number of benzene rings is 1. The zero-order valence-corrected chi connectivity index (χ0v) is 12.1. The fraction of sp³-hybridized carbons (Fsp3) is 0.333. The maximum Gasteiger partial charge on any atom is 0.251 e. The molecule has 0 aliphatic carbocycles. The summed E-state index contributed by atoms with van der Waals surface area (Å²) >= 11 is 0. The van der Waals surface area contributed by atoms with Crippen molar-refractivity contribution in [3.63, 3.8) is 0 Å². The molecule has 5 nitrogen and oxygen atoms in total. The van der Waals surface area contributed by atoms with Crippen LogP contribution in [0.25, 0.3) is 0 Å². The third-order valence-corrected chi connectivity index (χ3v) is 3.00. The molecular formula is C15H21N3O2. The number of carbonyl (C=O) groups is 2. The number of likely N-dealkylation sites (N-methyl/N-ethyl adjacent to an activating group) is 1. The van der Waals surface area contributed by atoms with Gasteiger partial charge in [-0.1, -0.05) is 6.08 Å². The normalized spacial score (nSPS) is 10.8. The first kappa shape index (κ1) is 15.9. The van der Waals surface area contributed by atoms with Crippen LogP contribution in [-0.2, 0) is 4.79 Å². The zero-order valence-electron chi connectivity index (χ0n) is 12.1. The average molecular weight is 275 g/mol. The topological polar surface area (TPSA) is 70.2 Å². The number of hydrogen-bond donors (Lipinski definition) is 3. The van der Waals surface area contributed by atoms with Gasteiger partial charge in [-0.25, -0.2) is 0 Å². The summed E-state index contributed by atoms with van der Waals surface area (Å²) in [4.78, 5) is 23.6. The van der Waals surface area contributed by atoms with E-state index in [-0.39, 0.29) is 11.8 Å². The molecular weight excluding hydrogens is 254 g/mol. The minimum Gasteiger partial charge on any atom is -0.349 e. The van der Waals surface area contributed by atoms with E-state index in [9.17, 15) is 9.59 Å². The van der Waals surface area contributed by atoms with E-state index in [1.165, 1.54) is 0 Å². The summed E-state index contributed by atoms with van der Waals surface area (Å²) < 4.78 is 0. The first-order valence-corrected chi connectivity index (χ1v) is 6.40. The Morgan fingerprint density at radius 3 is 2.35 bits per heavy atom. The zero-order chi connectivity index (χ0) is 15.2. The highest BCUT2D eigenvalue weighted by molar-refractivity contribution is 5.98. The maximum absolute atomic E-state index is 12.0. The molecule has 3 N–H and O–H groups in total. The monoisotopic (exact) mass is 275 g/mol. The van der Waals surface area contributed by atoms with Gasteiger partial charge in [0.1, 0.15) is 0 Å². The van der Waals surface area contributed by atoms with E-state index in [1.807, 2.05) is 0 Å². The first-order chi connectivity index (χ1) is 9.40. The molecule has 5 heteroatoms. The molecule has 0 fully saturated rings. The van der Waals surface area contributed by atoms with E-state index in [0.29, 0.717) is 17.8 Å². The molecule has 1 aromatic rings. The highest BCUT2D eigenvalue weighted by Gasteiger charge is 2.25. The number of hydrogen-bond acceptors (Lipinski definition) is 3. The van der Waals surface area contributed by atoms with E-state index in [4.69, 9.17) is 0 Å². The van der Waals surface area contributed by atoms with Crippen molar-refractivity contribution in [3.05, 3.63) is 42.5 Å². The van der Waals surface area contributed by atoms with Gasteiger partial charge in [0.15, 0.2) is 0 Å². The molecule has 0 saturated heterocycles. The second-order valence-corrected chi connectivity index (χ2v) is 4.91. The summed E-state index contributed by atoms with van der Waals surface area (Å²) in [7, 11) is 1.73. The van der Waals surface area contributed by atoms with E-state index in [0.717, 1.165) is 0 Å². The second kappa shape index (κ2) is 6.86. The van der Waals surface area contributed by atoms with Crippen LogP contribution in [0.1, 0.15) is 24.2 Å². The van der Waals surface area contributed by atoms with Crippen LogP contribution in [0.15, 0.2) is 36.9 Å². The van der Waals surface area contributed by atoms with E-state index >= 15 is 0 Å². The van der Waals surface area contributed by atoms with E-state index < -0.39 is 5.54 Å². The summed E-state index contributed by atoms with van der Waals surface area (Å²) in [5.74, 6) is -0.304. The van der Waals surface area contributed by atoms with Gasteiger partial charge in [-0.2, -0.15) is 0 Å². The summed E-state index contributed by atoms with van der Waals surface area (Å²) in [6.45, 7) is 7.54. The molecule has 1 rings (SSSR count). The van der Waals surface area contributed by atoms with Crippen LogP contribution in [-0.4, -0.2) is 30.9 Å². The molecule has 0 unspecified atom stereocenters. The lowest BCUT2D eigenvalue weighted by molar-refractivity contribution is -0.121. The van der Waals surface area contributed by atoms with Crippen molar-refractivity contribution < 1.29 is 9.59 Å². The smallest absolute Gasteiger partial charge is 0.251 e. The Morgan fingerprint density at radius 2 is 1.85 bits per heavy atom. The van der Waals surface area contributed by atoms with Crippen molar-refractivity contribution in [3.8, 4) is 0 Å². The average Bonchev–Trinajstić information content (AvgIpc) is 2.45. The number of carbonyl (C=O) groups excluding carboxylic acids is 2. The third-order valence-electron chi connectivity index (χ3n) is 3.00. The molecule has 20 heavy (non-hydrogen) atoms. The van der Waals surface area contributed by atoms with Crippen LogP contribution < -0.4 is 16.0 Å². The molecule has 2 amide bonds. The lowest BCUT2D eigenvalue weighted by atomic mass is 10.0. The van der Waals surface area contributed by atoms with Gasteiger partial charge in [-0.15, -0.1) is 6.58 Å². The van der Waals surface area contributed by atoms with Gasteiger partial charge >= 0.3 is 0 Å². The Morgan fingerprint density at radius 1 is 1.25 bits per heavy atom. The SMILES string of the molecule is C=CCNC(=O)c1ccc(NC(=O)C(C)(C)NC)cc1. The lowest BCUT2D eigenvalue weighted by Gasteiger charge is -2.22. The molecule has 108 valence electrons. The van der Waals surface area contributed by atoms with E-state index in [2.05, 4.69) is 22.5 Å². The molecule has 0 atom stereocenters. The third kappa shape index (κ3) is 4.20. The summed E-state index contributed by atoms with van der Waals surface area (Å²) in [6.07, 6.45) is 1.62. The Bertz CT molecular complexity index is 492. The van der Waals surface area contributed by atoms with Crippen LogP contribution in [0.4, 0.5) is 5.69 Å². The predicted molar refractivity (Wildman–Crippen MR) is 80.7 cm³/mol. The predicted octanol–water partition coefficient (Wildman–Crippen LogP) is 1.54. The molecule has 0 heterocycles. The van der Waals surface area contributed by atoms with Gasteiger partial charge < -0.3 is 16.0 Å². The second-order valence-electron chi connectivity index (χ2n) is 4.91. The number of anilines is 1. The van der Waals surface area contributed by atoms with Crippen molar-refractivity contribution in [1.82, 2.24) is 10.6 Å². The van der Waals surface area contributed by atoms with Gasteiger partial charge in [-0.05, 0) is 45.2 Å². The standard InChI is InChI=1S/C15H21N3O2/c1-5-10-17-13(19)11-6-8-12(9-7-11)18-14(20)15(2,3)16-4/h5-9,16H,1,10H2,2-4H3,(H,17,19)(H,18,20). The fourth-order valence-electron chi connectivity index (χ4n) is 1.37. The molecule has 0 saturated carbocycles. The Balaban J connectivity index is 2.70. The molecule has 0 aliphatic rings. The van der Waals surface area contributed by atoms with Crippen LogP contribution in [0.3, 0.4) is 0 Å². The van der Waals surface area contributed by atoms with Crippen molar-refractivity contribution in [1.29, 1.82) is 0 Å². The fourth-order valence-corrected chi connectivity index (χ4v) is 1.37. The lowest BCUT2D eigenvalue weighted by Crippen LogP contribution is -2.47. The molecule has 0 spiro atoms. The summed E-state index contributed by atoms with van der Waals surface area (Å²) in [6, 6.07) is 6.74. The molecule has 0 aromatic heterocycles. The highest BCUT2D eigenvalue weighted by Crippen LogP contribution is 2.12. The van der Waals surface area contributed by atoms with Crippen LogP contribution in [0.2, 0.25) is 0 Å². The quantitative estimate of drug-likeness (QED) is 0.690.